The molecule has 3 aromatic carbocycles. The van der Waals surface area contributed by atoms with E-state index in [0.717, 1.165) is 12.1 Å². The average molecular weight is 473 g/mol. The minimum Gasteiger partial charge on any atom is -0.478 e. The predicted molar refractivity (Wildman–Crippen MR) is 106 cm³/mol. The molecule has 0 atom stereocenters. The first-order valence-corrected chi connectivity index (χ1v) is 9.13. The van der Waals surface area contributed by atoms with E-state index in [1.165, 1.54) is 24.3 Å². The number of hydrogen-bond acceptors (Lipinski definition) is 2. The van der Waals surface area contributed by atoms with Gasteiger partial charge in [0.2, 0.25) is 0 Å². The van der Waals surface area contributed by atoms with E-state index < -0.39 is 45.8 Å². The number of ketones is 1. The van der Waals surface area contributed by atoms with E-state index in [4.69, 9.17) is 11.6 Å². The molecule has 0 saturated carbocycles. The van der Waals surface area contributed by atoms with Crippen molar-refractivity contribution < 1.29 is 41.0 Å². The minimum absolute atomic E-state index is 0.0808. The van der Waals surface area contributed by atoms with Crippen LogP contribution in [0.3, 0.4) is 0 Å². The number of halogens is 7. The molecule has 0 aliphatic rings. The third-order valence-electron chi connectivity index (χ3n) is 4.54. The second-order valence-electron chi connectivity index (χ2n) is 6.66. The van der Waals surface area contributed by atoms with Crippen molar-refractivity contribution in [1.82, 2.24) is 0 Å². The monoisotopic (exact) mass is 472 g/mol. The number of aromatic carboxylic acids is 1. The first-order chi connectivity index (χ1) is 14.8. The van der Waals surface area contributed by atoms with Crippen LogP contribution in [0, 0.1) is 0 Å². The fourth-order valence-electron chi connectivity index (χ4n) is 3.15. The molecule has 3 aromatic rings. The number of allylic oxidation sites excluding steroid dienone is 2. The molecule has 0 aliphatic heterocycles. The highest BCUT2D eigenvalue weighted by Gasteiger charge is 2.38. The minimum atomic E-state index is -5.18. The van der Waals surface area contributed by atoms with Gasteiger partial charge in [0.1, 0.15) is 0 Å². The van der Waals surface area contributed by atoms with Crippen molar-refractivity contribution in [3.63, 3.8) is 0 Å². The van der Waals surface area contributed by atoms with E-state index in [2.05, 4.69) is 0 Å². The van der Waals surface area contributed by atoms with Crippen molar-refractivity contribution in [2.24, 2.45) is 0 Å². The largest absolute Gasteiger partial charge is 0.478 e. The van der Waals surface area contributed by atoms with Crippen molar-refractivity contribution in [2.75, 3.05) is 0 Å². The lowest BCUT2D eigenvalue weighted by molar-refractivity contribution is -0.137. The Labute approximate surface area is 181 Å². The number of fused-ring (bicyclic) bond motifs is 1. The van der Waals surface area contributed by atoms with Crippen LogP contribution >= 0.6 is 11.6 Å². The molecule has 32 heavy (non-hydrogen) atoms. The summed E-state index contributed by atoms with van der Waals surface area (Å²) in [6.45, 7) is 0. The topological polar surface area (TPSA) is 54.4 Å². The van der Waals surface area contributed by atoms with Crippen LogP contribution in [0.5, 0.6) is 0 Å². The molecule has 1 N–H and O–H groups in total. The molecule has 0 fully saturated rings. The first kappa shape index (κ1) is 23.3. The van der Waals surface area contributed by atoms with Gasteiger partial charge in [0.25, 0.3) is 0 Å². The predicted octanol–water partition coefficient (Wildman–Crippen LogP) is 7.04. The standard InChI is InChI=1S/C22H11ClF6O3/c23-13-8-11(7-12(9-13)21(24,25)26)18(22(27,28)29)10-19(30)16-5-6-17(20(31)32)15-4-2-1-3-14(15)16/h1-10H,(H,31,32). The summed E-state index contributed by atoms with van der Waals surface area (Å²) >= 11 is 5.59. The summed E-state index contributed by atoms with van der Waals surface area (Å²) in [6.07, 6.45) is -9.96. The molecule has 0 radical (unpaired) electrons. The fourth-order valence-corrected chi connectivity index (χ4v) is 3.38. The Hall–Kier alpha value is -3.33. The lowest BCUT2D eigenvalue weighted by atomic mass is 9.94. The normalized spacial score (nSPS) is 12.8. The highest BCUT2D eigenvalue weighted by molar-refractivity contribution is 6.31. The molecule has 0 heterocycles. The Bertz CT molecular complexity index is 1260. The SMILES string of the molecule is O=C(O)c1ccc(C(=O)C=C(c2cc(Cl)cc(C(F)(F)F)c2)C(F)(F)F)c2ccccc12. The lowest BCUT2D eigenvalue weighted by Gasteiger charge is -2.15. The van der Waals surface area contributed by atoms with Gasteiger partial charge >= 0.3 is 18.3 Å². The van der Waals surface area contributed by atoms with Gasteiger partial charge in [-0.3, -0.25) is 4.79 Å². The van der Waals surface area contributed by atoms with E-state index in [9.17, 15) is 41.0 Å². The number of alkyl halides is 6. The first-order valence-electron chi connectivity index (χ1n) is 8.75. The Kier molecular flexibility index (Phi) is 6.06. The molecular weight excluding hydrogens is 462 g/mol. The molecule has 0 spiro atoms. The number of carbonyl (C=O) groups is 2. The van der Waals surface area contributed by atoms with E-state index in [1.54, 1.807) is 0 Å². The van der Waals surface area contributed by atoms with Crippen LogP contribution in [0.15, 0.2) is 60.7 Å². The molecule has 0 aliphatic carbocycles. The molecule has 0 aromatic heterocycles. The van der Waals surface area contributed by atoms with Gasteiger partial charge in [-0.15, -0.1) is 0 Å². The van der Waals surface area contributed by atoms with Crippen molar-refractivity contribution in [1.29, 1.82) is 0 Å². The van der Waals surface area contributed by atoms with Crippen LogP contribution in [0.2, 0.25) is 5.02 Å². The van der Waals surface area contributed by atoms with E-state index in [-0.39, 0.29) is 34.0 Å². The Morgan fingerprint density at radius 2 is 1.41 bits per heavy atom. The van der Waals surface area contributed by atoms with Crippen LogP contribution in [-0.4, -0.2) is 23.0 Å². The summed E-state index contributed by atoms with van der Waals surface area (Å²) in [5, 5.41) is 8.89. The number of hydrogen-bond donors (Lipinski definition) is 1. The zero-order valence-electron chi connectivity index (χ0n) is 15.7. The molecule has 166 valence electrons. The molecule has 0 unspecified atom stereocenters. The second-order valence-corrected chi connectivity index (χ2v) is 7.09. The molecule has 0 amide bonds. The van der Waals surface area contributed by atoms with Crippen molar-refractivity contribution in [2.45, 2.75) is 12.4 Å². The maximum absolute atomic E-state index is 13.7. The summed E-state index contributed by atoms with van der Waals surface area (Å²) in [4.78, 5) is 24.1. The quantitative estimate of drug-likeness (QED) is 0.252. The van der Waals surface area contributed by atoms with E-state index in [1.807, 2.05) is 0 Å². The maximum atomic E-state index is 13.7. The van der Waals surface area contributed by atoms with Gasteiger partial charge in [0.05, 0.1) is 16.7 Å². The number of carboxylic acids is 1. The third kappa shape index (κ3) is 4.77. The smallest absolute Gasteiger partial charge is 0.417 e. The lowest BCUT2D eigenvalue weighted by Crippen LogP contribution is -2.14. The van der Waals surface area contributed by atoms with Crippen LogP contribution in [0.1, 0.15) is 31.8 Å². The van der Waals surface area contributed by atoms with Gasteiger partial charge in [-0.05, 0) is 52.7 Å². The molecule has 0 saturated heterocycles. The second kappa shape index (κ2) is 8.31. The zero-order chi connectivity index (χ0) is 23.8. The van der Waals surface area contributed by atoms with Crippen LogP contribution in [0.4, 0.5) is 26.3 Å². The van der Waals surface area contributed by atoms with Gasteiger partial charge in [-0.1, -0.05) is 35.9 Å². The summed E-state index contributed by atoms with van der Waals surface area (Å²) in [5.74, 6) is -2.47. The number of carbonyl (C=O) groups excluding carboxylic acids is 1. The van der Waals surface area contributed by atoms with Crippen LogP contribution < -0.4 is 0 Å². The number of benzene rings is 3. The number of rotatable bonds is 4. The zero-order valence-corrected chi connectivity index (χ0v) is 16.4. The third-order valence-corrected chi connectivity index (χ3v) is 4.76. The average Bonchev–Trinajstić information content (AvgIpc) is 2.68. The highest BCUT2D eigenvalue weighted by Crippen LogP contribution is 2.39. The maximum Gasteiger partial charge on any atom is 0.417 e. The van der Waals surface area contributed by atoms with Crippen LogP contribution in [0.25, 0.3) is 16.3 Å². The van der Waals surface area contributed by atoms with Gasteiger partial charge < -0.3 is 5.11 Å². The summed E-state index contributed by atoms with van der Waals surface area (Å²) < 4.78 is 80.2. The molecular formula is C22H11ClF6O3. The van der Waals surface area contributed by atoms with Crippen molar-refractivity contribution >= 4 is 39.7 Å². The van der Waals surface area contributed by atoms with E-state index >= 15 is 0 Å². The Balaban J connectivity index is 2.20. The van der Waals surface area contributed by atoms with Crippen LogP contribution in [-0.2, 0) is 6.18 Å². The van der Waals surface area contributed by atoms with Crippen molar-refractivity contribution in [3.8, 4) is 0 Å². The Morgan fingerprint density at radius 1 is 0.844 bits per heavy atom. The highest BCUT2D eigenvalue weighted by atomic mass is 35.5. The summed E-state index contributed by atoms with van der Waals surface area (Å²) in [7, 11) is 0. The van der Waals surface area contributed by atoms with Gasteiger partial charge in [-0.2, -0.15) is 26.3 Å². The Morgan fingerprint density at radius 3 is 1.94 bits per heavy atom. The summed E-state index contributed by atoms with van der Waals surface area (Å²) in [5.41, 5.74) is -4.37. The molecule has 3 nitrogen and oxygen atoms in total. The molecule has 0 bridgehead atoms. The molecule has 3 rings (SSSR count). The fraction of sp³-hybridized carbons (Fsp3) is 0.0909. The summed E-state index contributed by atoms with van der Waals surface area (Å²) in [6, 6.07) is 9.22. The van der Waals surface area contributed by atoms with Crippen molar-refractivity contribution in [3.05, 3.63) is 87.9 Å². The number of carboxylic acid groups (broad SMARTS) is 1. The van der Waals surface area contributed by atoms with Gasteiger partial charge in [0.15, 0.2) is 5.78 Å². The van der Waals surface area contributed by atoms with E-state index in [0.29, 0.717) is 12.1 Å². The van der Waals surface area contributed by atoms with Gasteiger partial charge in [-0.25, -0.2) is 4.79 Å². The molecule has 10 heteroatoms. The van der Waals surface area contributed by atoms with Gasteiger partial charge in [0, 0.05) is 10.6 Å².